The normalized spacial score (nSPS) is 16.4. The summed E-state index contributed by atoms with van der Waals surface area (Å²) < 4.78 is 4.75. The number of methoxy groups -OCH3 is 1. The minimum absolute atomic E-state index is 0.0522. The Morgan fingerprint density at radius 2 is 2.05 bits per heavy atom. The Kier molecular flexibility index (Phi) is 4.58. The Balaban J connectivity index is 1.94. The number of thiophene rings is 1. The second-order valence-electron chi connectivity index (χ2n) is 4.71. The molecule has 5 heteroatoms. The van der Waals surface area contributed by atoms with Crippen LogP contribution in [0.25, 0.3) is 0 Å². The Labute approximate surface area is 117 Å². The van der Waals surface area contributed by atoms with Crippen molar-refractivity contribution >= 4 is 23.2 Å². The van der Waals surface area contributed by atoms with E-state index in [4.69, 9.17) is 4.74 Å². The van der Waals surface area contributed by atoms with Crippen LogP contribution in [0.4, 0.5) is 0 Å². The van der Waals surface area contributed by atoms with Crippen molar-refractivity contribution in [3.8, 4) is 0 Å². The zero-order valence-electron chi connectivity index (χ0n) is 11.3. The number of hydrogen-bond acceptors (Lipinski definition) is 4. The van der Waals surface area contributed by atoms with Crippen molar-refractivity contribution in [3.05, 3.63) is 21.9 Å². The molecule has 1 amide bonds. The number of piperidine rings is 1. The minimum atomic E-state index is -0.156. The maximum absolute atomic E-state index is 12.3. The highest BCUT2D eigenvalue weighted by atomic mass is 32.1. The number of esters is 1. The Morgan fingerprint density at radius 3 is 2.58 bits per heavy atom. The first-order chi connectivity index (χ1) is 9.15. The van der Waals surface area contributed by atoms with Gasteiger partial charge in [-0.3, -0.25) is 9.59 Å². The lowest BCUT2D eigenvalue weighted by Crippen LogP contribution is -2.40. The Bertz CT molecular complexity index is 461. The molecule has 2 rings (SSSR count). The van der Waals surface area contributed by atoms with Crippen LogP contribution in [0, 0.1) is 5.92 Å². The van der Waals surface area contributed by atoms with Crippen LogP contribution in [0.3, 0.4) is 0 Å². The fourth-order valence-corrected chi connectivity index (χ4v) is 3.24. The average Bonchev–Trinajstić information content (AvgIpc) is 2.94. The summed E-state index contributed by atoms with van der Waals surface area (Å²) in [7, 11) is 1.41. The molecule has 4 nitrogen and oxygen atoms in total. The van der Waals surface area contributed by atoms with Gasteiger partial charge in [0.1, 0.15) is 0 Å². The second kappa shape index (κ2) is 6.19. The van der Waals surface area contributed by atoms with Crippen LogP contribution in [0.5, 0.6) is 0 Å². The summed E-state index contributed by atoms with van der Waals surface area (Å²) >= 11 is 1.56. The molecule has 1 aliphatic heterocycles. The quantitative estimate of drug-likeness (QED) is 0.799. The van der Waals surface area contributed by atoms with Gasteiger partial charge in [-0.15, -0.1) is 11.3 Å². The van der Waals surface area contributed by atoms with Crippen molar-refractivity contribution in [2.75, 3.05) is 20.2 Å². The number of amides is 1. The van der Waals surface area contributed by atoms with E-state index < -0.39 is 0 Å². The van der Waals surface area contributed by atoms with Gasteiger partial charge in [0.2, 0.25) is 0 Å². The van der Waals surface area contributed by atoms with E-state index in [1.807, 2.05) is 17.0 Å². The molecule has 1 aliphatic rings. The molecule has 19 heavy (non-hydrogen) atoms. The lowest BCUT2D eigenvalue weighted by Gasteiger charge is -2.30. The molecule has 0 spiro atoms. The molecular weight excluding hydrogens is 262 g/mol. The maximum atomic E-state index is 12.3. The third-order valence-electron chi connectivity index (χ3n) is 3.54. The van der Waals surface area contributed by atoms with Gasteiger partial charge in [-0.25, -0.2) is 0 Å². The maximum Gasteiger partial charge on any atom is 0.308 e. The first kappa shape index (κ1) is 14.1. The predicted molar refractivity (Wildman–Crippen MR) is 74.3 cm³/mol. The number of hydrogen-bond donors (Lipinski definition) is 0. The SMILES string of the molecule is CCc1ccc(C(=O)N2CCC(C(=O)OC)CC2)s1. The molecule has 0 aliphatic carbocycles. The van der Waals surface area contributed by atoms with E-state index in [1.54, 1.807) is 11.3 Å². The first-order valence-corrected chi connectivity index (χ1v) is 7.43. The van der Waals surface area contributed by atoms with E-state index in [2.05, 4.69) is 6.92 Å². The van der Waals surface area contributed by atoms with Gasteiger partial charge in [-0.05, 0) is 31.4 Å². The van der Waals surface area contributed by atoms with E-state index in [0.29, 0.717) is 25.9 Å². The Hall–Kier alpha value is -1.36. The zero-order valence-corrected chi connectivity index (χ0v) is 12.2. The number of carbonyl (C=O) groups excluding carboxylic acids is 2. The molecule has 0 unspecified atom stereocenters. The molecule has 1 aromatic rings. The van der Waals surface area contributed by atoms with Gasteiger partial charge in [0.15, 0.2) is 0 Å². The highest BCUT2D eigenvalue weighted by molar-refractivity contribution is 7.14. The van der Waals surface area contributed by atoms with Crippen molar-refractivity contribution in [1.29, 1.82) is 0 Å². The van der Waals surface area contributed by atoms with E-state index in [0.717, 1.165) is 11.3 Å². The molecule has 0 radical (unpaired) electrons. The summed E-state index contributed by atoms with van der Waals surface area (Å²) in [5.41, 5.74) is 0. The van der Waals surface area contributed by atoms with Crippen LogP contribution >= 0.6 is 11.3 Å². The fourth-order valence-electron chi connectivity index (χ4n) is 2.32. The molecule has 0 bridgehead atoms. The number of ether oxygens (including phenoxy) is 1. The van der Waals surface area contributed by atoms with Crippen LogP contribution in [0.2, 0.25) is 0 Å². The number of likely N-dealkylation sites (tertiary alicyclic amines) is 1. The summed E-state index contributed by atoms with van der Waals surface area (Å²) in [5.74, 6) is -0.118. The zero-order chi connectivity index (χ0) is 13.8. The van der Waals surface area contributed by atoms with Gasteiger partial charge < -0.3 is 9.64 Å². The van der Waals surface area contributed by atoms with Gasteiger partial charge in [-0.1, -0.05) is 6.92 Å². The number of nitrogens with zero attached hydrogens (tertiary/aromatic N) is 1. The smallest absolute Gasteiger partial charge is 0.308 e. The first-order valence-electron chi connectivity index (χ1n) is 6.61. The molecule has 0 aromatic carbocycles. The molecule has 1 aromatic heterocycles. The van der Waals surface area contributed by atoms with Gasteiger partial charge in [-0.2, -0.15) is 0 Å². The lowest BCUT2D eigenvalue weighted by molar-refractivity contribution is -0.146. The summed E-state index contributed by atoms with van der Waals surface area (Å²) in [4.78, 5) is 27.6. The van der Waals surface area contributed by atoms with Gasteiger partial charge in [0.05, 0.1) is 17.9 Å². The molecule has 0 atom stereocenters. The molecule has 104 valence electrons. The number of aryl methyl sites for hydroxylation is 1. The summed E-state index contributed by atoms with van der Waals surface area (Å²) in [6.45, 7) is 3.36. The molecule has 1 fully saturated rings. The predicted octanol–water partition coefficient (Wildman–Crippen LogP) is 2.34. The number of rotatable bonds is 3. The van der Waals surface area contributed by atoms with Gasteiger partial charge in [0, 0.05) is 18.0 Å². The largest absolute Gasteiger partial charge is 0.469 e. The summed E-state index contributed by atoms with van der Waals surface area (Å²) in [6.07, 6.45) is 2.36. The van der Waals surface area contributed by atoms with Crippen molar-refractivity contribution in [3.63, 3.8) is 0 Å². The minimum Gasteiger partial charge on any atom is -0.469 e. The van der Waals surface area contributed by atoms with Crippen molar-refractivity contribution in [2.24, 2.45) is 5.92 Å². The highest BCUT2D eigenvalue weighted by Gasteiger charge is 2.28. The van der Waals surface area contributed by atoms with Crippen LogP contribution in [-0.2, 0) is 16.0 Å². The third kappa shape index (κ3) is 3.15. The monoisotopic (exact) mass is 281 g/mol. The highest BCUT2D eigenvalue weighted by Crippen LogP contribution is 2.23. The molecule has 2 heterocycles. The standard InChI is InChI=1S/C14H19NO3S/c1-3-11-4-5-12(19-11)13(16)15-8-6-10(7-9-15)14(17)18-2/h4-5,10H,3,6-9H2,1-2H3. The molecular formula is C14H19NO3S. The van der Waals surface area contributed by atoms with E-state index in [9.17, 15) is 9.59 Å². The summed E-state index contributed by atoms with van der Waals surface area (Å²) in [5, 5.41) is 0. The topological polar surface area (TPSA) is 46.6 Å². The molecule has 0 N–H and O–H groups in total. The van der Waals surface area contributed by atoms with Crippen molar-refractivity contribution in [2.45, 2.75) is 26.2 Å². The van der Waals surface area contributed by atoms with Crippen LogP contribution in [0.1, 0.15) is 34.3 Å². The van der Waals surface area contributed by atoms with E-state index >= 15 is 0 Å². The summed E-state index contributed by atoms with van der Waals surface area (Å²) in [6, 6.07) is 3.91. The van der Waals surface area contributed by atoms with Crippen LogP contribution in [0.15, 0.2) is 12.1 Å². The fraction of sp³-hybridized carbons (Fsp3) is 0.571. The Morgan fingerprint density at radius 1 is 1.37 bits per heavy atom. The average molecular weight is 281 g/mol. The van der Waals surface area contributed by atoms with Gasteiger partial charge in [0.25, 0.3) is 5.91 Å². The van der Waals surface area contributed by atoms with E-state index in [1.165, 1.54) is 12.0 Å². The number of carbonyl (C=O) groups is 2. The lowest BCUT2D eigenvalue weighted by atomic mass is 9.97. The van der Waals surface area contributed by atoms with Gasteiger partial charge >= 0.3 is 5.97 Å². The van der Waals surface area contributed by atoms with E-state index in [-0.39, 0.29) is 17.8 Å². The van der Waals surface area contributed by atoms with Crippen molar-refractivity contribution in [1.82, 2.24) is 4.90 Å². The third-order valence-corrected chi connectivity index (χ3v) is 4.76. The van der Waals surface area contributed by atoms with Crippen LogP contribution < -0.4 is 0 Å². The van der Waals surface area contributed by atoms with Crippen LogP contribution in [-0.4, -0.2) is 37.0 Å². The molecule has 1 saturated heterocycles. The second-order valence-corrected chi connectivity index (χ2v) is 5.88. The van der Waals surface area contributed by atoms with Crippen molar-refractivity contribution < 1.29 is 14.3 Å². The molecule has 0 saturated carbocycles.